The fourth-order valence-electron chi connectivity index (χ4n) is 4.00. The third kappa shape index (κ3) is 6.59. The average molecular weight is 392 g/mol. The molecular weight excluding hydrogens is 357 g/mol. The number of carbonyl (C=O) groups is 2. The summed E-state index contributed by atoms with van der Waals surface area (Å²) in [6.45, 7) is 12.1. The monoisotopic (exact) mass is 391 g/mol. The van der Waals surface area contributed by atoms with Crippen LogP contribution in [0, 0.1) is 23.6 Å². The molecule has 0 radical (unpaired) electrons. The summed E-state index contributed by atoms with van der Waals surface area (Å²) in [7, 11) is 0. The molecule has 1 aliphatic heterocycles. The summed E-state index contributed by atoms with van der Waals surface area (Å²) < 4.78 is 13.8. The van der Waals surface area contributed by atoms with Gasteiger partial charge in [-0.25, -0.2) is 4.39 Å². The largest absolute Gasteiger partial charge is 0.354 e. The van der Waals surface area contributed by atoms with Crippen molar-refractivity contribution in [1.82, 2.24) is 15.5 Å². The Balaban J connectivity index is 1.81. The van der Waals surface area contributed by atoms with Gasteiger partial charge in [0.25, 0.3) is 5.91 Å². The van der Waals surface area contributed by atoms with Crippen LogP contribution in [0.4, 0.5) is 4.39 Å². The summed E-state index contributed by atoms with van der Waals surface area (Å²) in [6.07, 6.45) is 2.16. The number of hydrogen-bond donors (Lipinski definition) is 2. The van der Waals surface area contributed by atoms with Crippen molar-refractivity contribution in [2.24, 2.45) is 17.8 Å². The SMILES string of the molecule is CC1CC(C)CN(CCCNC(=O)C(NC(=O)c2ccccc2F)C(C)C)C1. The van der Waals surface area contributed by atoms with Crippen LogP contribution in [-0.4, -0.2) is 48.9 Å². The molecular formula is C22H34FN3O2. The molecule has 6 heteroatoms. The van der Waals surface area contributed by atoms with E-state index in [0.717, 1.165) is 37.9 Å². The smallest absolute Gasteiger partial charge is 0.254 e. The molecule has 0 aromatic heterocycles. The van der Waals surface area contributed by atoms with Crippen LogP contribution in [0.3, 0.4) is 0 Å². The van der Waals surface area contributed by atoms with E-state index in [4.69, 9.17) is 0 Å². The number of rotatable bonds is 8. The van der Waals surface area contributed by atoms with Crippen LogP contribution >= 0.6 is 0 Å². The van der Waals surface area contributed by atoms with Crippen LogP contribution in [0.15, 0.2) is 24.3 Å². The Morgan fingerprint density at radius 2 is 1.82 bits per heavy atom. The van der Waals surface area contributed by atoms with Crippen molar-refractivity contribution in [2.45, 2.75) is 46.6 Å². The molecule has 1 heterocycles. The van der Waals surface area contributed by atoms with Gasteiger partial charge in [0, 0.05) is 19.6 Å². The van der Waals surface area contributed by atoms with Crippen LogP contribution < -0.4 is 10.6 Å². The average Bonchev–Trinajstić information content (AvgIpc) is 2.62. The first-order valence-corrected chi connectivity index (χ1v) is 10.3. The van der Waals surface area contributed by atoms with Gasteiger partial charge in [0.05, 0.1) is 5.56 Å². The molecule has 5 nitrogen and oxygen atoms in total. The topological polar surface area (TPSA) is 61.4 Å². The molecule has 2 N–H and O–H groups in total. The third-order valence-corrected chi connectivity index (χ3v) is 5.25. The highest BCUT2D eigenvalue weighted by Crippen LogP contribution is 2.20. The van der Waals surface area contributed by atoms with E-state index in [9.17, 15) is 14.0 Å². The second kappa shape index (κ2) is 10.6. The van der Waals surface area contributed by atoms with Crippen molar-refractivity contribution in [3.8, 4) is 0 Å². The molecule has 1 aliphatic rings. The van der Waals surface area contributed by atoms with E-state index in [0.29, 0.717) is 6.54 Å². The van der Waals surface area contributed by atoms with Crippen molar-refractivity contribution in [3.63, 3.8) is 0 Å². The summed E-state index contributed by atoms with van der Waals surface area (Å²) in [5, 5.41) is 5.60. The normalized spacial score (nSPS) is 21.4. The van der Waals surface area contributed by atoms with Crippen LogP contribution in [0.1, 0.15) is 50.9 Å². The van der Waals surface area contributed by atoms with Gasteiger partial charge in [-0.3, -0.25) is 9.59 Å². The van der Waals surface area contributed by atoms with E-state index in [2.05, 4.69) is 29.4 Å². The summed E-state index contributed by atoms with van der Waals surface area (Å²) in [5.74, 6) is -0.0368. The first-order chi connectivity index (χ1) is 13.3. The Morgan fingerprint density at radius 1 is 1.18 bits per heavy atom. The van der Waals surface area contributed by atoms with Crippen molar-refractivity contribution < 1.29 is 14.0 Å². The minimum absolute atomic E-state index is 0.0470. The lowest BCUT2D eigenvalue weighted by molar-refractivity contribution is -0.123. The van der Waals surface area contributed by atoms with Gasteiger partial charge in [-0.1, -0.05) is 39.8 Å². The molecule has 0 bridgehead atoms. The molecule has 0 saturated carbocycles. The number of benzene rings is 1. The second-order valence-electron chi connectivity index (χ2n) is 8.53. The molecule has 3 unspecified atom stereocenters. The van der Waals surface area contributed by atoms with E-state index in [1.807, 2.05) is 13.8 Å². The predicted octanol–water partition coefficient (Wildman–Crippen LogP) is 3.06. The van der Waals surface area contributed by atoms with Crippen molar-refractivity contribution in [1.29, 1.82) is 0 Å². The lowest BCUT2D eigenvalue weighted by atomic mass is 9.92. The maximum atomic E-state index is 13.8. The fraction of sp³-hybridized carbons (Fsp3) is 0.636. The number of halogens is 1. The Kier molecular flexibility index (Phi) is 8.42. The van der Waals surface area contributed by atoms with E-state index >= 15 is 0 Å². The number of nitrogens with zero attached hydrogens (tertiary/aromatic N) is 1. The number of nitrogens with one attached hydrogen (secondary N) is 2. The summed E-state index contributed by atoms with van der Waals surface area (Å²) in [6, 6.07) is 5.09. The van der Waals surface area contributed by atoms with Crippen molar-refractivity contribution >= 4 is 11.8 Å². The Bertz CT molecular complexity index is 655. The highest BCUT2D eigenvalue weighted by molar-refractivity contribution is 5.97. The second-order valence-corrected chi connectivity index (χ2v) is 8.53. The minimum Gasteiger partial charge on any atom is -0.354 e. The van der Waals surface area contributed by atoms with Gasteiger partial charge in [-0.15, -0.1) is 0 Å². The number of hydrogen-bond acceptors (Lipinski definition) is 3. The van der Waals surface area contributed by atoms with Gasteiger partial charge in [-0.2, -0.15) is 0 Å². The van der Waals surface area contributed by atoms with Gasteiger partial charge in [0.15, 0.2) is 0 Å². The molecule has 2 amide bonds. The zero-order valence-corrected chi connectivity index (χ0v) is 17.5. The number of likely N-dealkylation sites (tertiary alicyclic amines) is 1. The van der Waals surface area contributed by atoms with Crippen LogP contribution in [0.5, 0.6) is 0 Å². The quantitative estimate of drug-likeness (QED) is 0.670. The first kappa shape index (κ1) is 22.3. The Hall–Kier alpha value is -1.95. The molecule has 1 saturated heterocycles. The molecule has 156 valence electrons. The zero-order valence-electron chi connectivity index (χ0n) is 17.5. The zero-order chi connectivity index (χ0) is 20.7. The predicted molar refractivity (Wildman–Crippen MR) is 110 cm³/mol. The van der Waals surface area contributed by atoms with Crippen LogP contribution in [-0.2, 0) is 4.79 Å². The van der Waals surface area contributed by atoms with Crippen LogP contribution in [0.2, 0.25) is 0 Å². The Labute approximate surface area is 168 Å². The fourth-order valence-corrected chi connectivity index (χ4v) is 4.00. The maximum absolute atomic E-state index is 13.8. The first-order valence-electron chi connectivity index (χ1n) is 10.3. The lowest BCUT2D eigenvalue weighted by Crippen LogP contribution is -2.50. The van der Waals surface area contributed by atoms with Gasteiger partial charge in [0.1, 0.15) is 11.9 Å². The van der Waals surface area contributed by atoms with Gasteiger partial charge >= 0.3 is 0 Å². The van der Waals surface area contributed by atoms with Gasteiger partial charge in [-0.05, 0) is 49.3 Å². The molecule has 28 heavy (non-hydrogen) atoms. The molecule has 1 fully saturated rings. The molecule has 2 rings (SSSR count). The molecule has 0 aliphatic carbocycles. The number of amides is 2. The van der Waals surface area contributed by atoms with Gasteiger partial charge in [0.2, 0.25) is 5.91 Å². The maximum Gasteiger partial charge on any atom is 0.254 e. The van der Waals surface area contributed by atoms with Crippen LogP contribution in [0.25, 0.3) is 0 Å². The van der Waals surface area contributed by atoms with E-state index in [1.165, 1.54) is 24.6 Å². The van der Waals surface area contributed by atoms with Crippen molar-refractivity contribution in [3.05, 3.63) is 35.6 Å². The molecule has 3 atom stereocenters. The minimum atomic E-state index is -0.692. The summed E-state index contributed by atoms with van der Waals surface area (Å²) in [4.78, 5) is 27.4. The molecule has 1 aromatic carbocycles. The van der Waals surface area contributed by atoms with Gasteiger partial charge < -0.3 is 15.5 Å². The highest BCUT2D eigenvalue weighted by atomic mass is 19.1. The number of carbonyl (C=O) groups excluding carboxylic acids is 2. The number of piperidine rings is 1. The summed E-state index contributed by atoms with van der Waals surface area (Å²) in [5.41, 5.74) is -0.0470. The lowest BCUT2D eigenvalue weighted by Gasteiger charge is -2.35. The third-order valence-electron chi connectivity index (χ3n) is 5.25. The van der Waals surface area contributed by atoms with Crippen molar-refractivity contribution in [2.75, 3.05) is 26.2 Å². The summed E-state index contributed by atoms with van der Waals surface area (Å²) >= 11 is 0. The van der Waals surface area contributed by atoms with E-state index < -0.39 is 17.8 Å². The van der Waals surface area contributed by atoms with E-state index in [-0.39, 0.29) is 17.4 Å². The van der Waals surface area contributed by atoms with E-state index in [1.54, 1.807) is 6.07 Å². The Morgan fingerprint density at radius 3 is 2.43 bits per heavy atom. The standard InChI is InChI=1S/C22H34FN3O2/c1-15(2)20(25-21(27)18-8-5-6-9-19(18)23)22(28)24-10-7-11-26-13-16(3)12-17(4)14-26/h5-6,8-9,15-17,20H,7,10-14H2,1-4H3,(H,24,28)(H,25,27). The highest BCUT2D eigenvalue weighted by Gasteiger charge is 2.26. The molecule has 0 spiro atoms. The molecule has 1 aromatic rings.